The van der Waals surface area contributed by atoms with Crippen molar-refractivity contribution in [1.82, 2.24) is 18.5 Å². The molecule has 1 fully saturated rings. The number of hydrogen-bond acceptors (Lipinski definition) is 7. The van der Waals surface area contributed by atoms with Gasteiger partial charge in [-0.2, -0.15) is 30.7 Å². The summed E-state index contributed by atoms with van der Waals surface area (Å²) in [6, 6.07) is 0.715. The summed E-state index contributed by atoms with van der Waals surface area (Å²) in [4.78, 5) is 18.2. The van der Waals surface area contributed by atoms with E-state index in [1.807, 2.05) is 35.2 Å². The zero-order chi connectivity index (χ0) is 27.7. The molecule has 1 aromatic heterocycles. The average Bonchev–Trinajstić information content (AvgIpc) is 3.31. The first-order chi connectivity index (χ1) is 17.8. The topological polar surface area (TPSA) is 61.8 Å². The number of ether oxygens (including phenoxy) is 1. The van der Waals surface area contributed by atoms with Crippen LogP contribution in [-0.2, 0) is 23.6 Å². The molecule has 0 aliphatic carbocycles. The molecule has 1 atom stereocenters. The van der Waals surface area contributed by atoms with Crippen molar-refractivity contribution in [3.63, 3.8) is 0 Å². The molecular formula is C24H25F6N5O2S. The van der Waals surface area contributed by atoms with Gasteiger partial charge < -0.3 is 19.4 Å². The Morgan fingerprint density at radius 1 is 1.13 bits per heavy atom. The molecule has 7 nitrogen and oxygen atoms in total. The molecule has 2 aliphatic rings. The number of amides is 1. The van der Waals surface area contributed by atoms with E-state index in [2.05, 4.69) is 8.75 Å². The second-order valence-corrected chi connectivity index (χ2v) is 9.67. The van der Waals surface area contributed by atoms with Crippen LogP contribution in [0.4, 0.5) is 32.2 Å². The molecule has 0 bridgehead atoms. The molecule has 1 aromatic carbocycles. The minimum atomic E-state index is -4.89. The van der Waals surface area contributed by atoms with E-state index in [-0.39, 0.29) is 6.54 Å². The Kier molecular flexibility index (Phi) is 7.90. The number of halogens is 6. The molecule has 0 N–H and O–H groups in total. The third-order valence-electron chi connectivity index (χ3n) is 6.33. The summed E-state index contributed by atoms with van der Waals surface area (Å²) in [6.45, 7) is 3.54. The van der Waals surface area contributed by atoms with Gasteiger partial charge in [-0.05, 0) is 48.5 Å². The average molecular weight is 562 g/mol. The van der Waals surface area contributed by atoms with E-state index in [4.69, 9.17) is 4.74 Å². The summed E-state index contributed by atoms with van der Waals surface area (Å²) >= 11 is 0.973. The lowest BCUT2D eigenvalue weighted by Crippen LogP contribution is -2.54. The van der Waals surface area contributed by atoms with E-state index < -0.39 is 47.4 Å². The highest BCUT2D eigenvalue weighted by Gasteiger charge is 2.38. The van der Waals surface area contributed by atoms with Crippen molar-refractivity contribution in [3.05, 3.63) is 58.8 Å². The van der Waals surface area contributed by atoms with Gasteiger partial charge in [0.05, 0.1) is 29.3 Å². The maximum Gasteiger partial charge on any atom is 0.416 e. The van der Waals surface area contributed by atoms with Crippen molar-refractivity contribution >= 4 is 23.5 Å². The molecule has 0 saturated carbocycles. The molecule has 206 valence electrons. The predicted octanol–water partition coefficient (Wildman–Crippen LogP) is 4.62. The van der Waals surface area contributed by atoms with Crippen LogP contribution >= 0.6 is 11.7 Å². The number of hydrogen-bond donors (Lipinski definition) is 0. The highest BCUT2D eigenvalue weighted by atomic mass is 32.1. The molecule has 0 spiro atoms. The van der Waals surface area contributed by atoms with Crippen molar-refractivity contribution in [2.24, 2.45) is 0 Å². The first-order valence-corrected chi connectivity index (χ1v) is 12.4. The first-order valence-electron chi connectivity index (χ1n) is 11.7. The number of likely N-dealkylation sites (N-methyl/N-ethyl adjacent to an activating group) is 1. The largest absolute Gasteiger partial charge is 0.470 e. The number of aromatic nitrogens is 2. The summed E-state index contributed by atoms with van der Waals surface area (Å²) < 4.78 is 94.1. The third-order valence-corrected chi connectivity index (χ3v) is 6.83. The zero-order valence-electron chi connectivity index (χ0n) is 20.5. The van der Waals surface area contributed by atoms with Crippen molar-refractivity contribution in [1.29, 1.82) is 0 Å². The summed E-state index contributed by atoms with van der Waals surface area (Å²) in [7, 11) is 1.95. The Hall–Kier alpha value is -3.29. The number of carbonyl (C=O) groups excluding carboxylic acids is 1. The van der Waals surface area contributed by atoms with Gasteiger partial charge in [-0.25, -0.2) is 0 Å². The maximum atomic E-state index is 13.4. The highest BCUT2D eigenvalue weighted by molar-refractivity contribution is 6.99. The van der Waals surface area contributed by atoms with E-state index in [0.29, 0.717) is 49.6 Å². The van der Waals surface area contributed by atoms with E-state index in [9.17, 15) is 31.1 Å². The minimum Gasteiger partial charge on any atom is -0.470 e. The smallest absolute Gasteiger partial charge is 0.416 e. The van der Waals surface area contributed by atoms with Gasteiger partial charge in [0.2, 0.25) is 11.7 Å². The number of alkyl halides is 6. The summed E-state index contributed by atoms with van der Waals surface area (Å²) in [5.74, 6) is 0.161. The zero-order valence-corrected chi connectivity index (χ0v) is 21.3. The minimum absolute atomic E-state index is 0.150. The summed E-state index contributed by atoms with van der Waals surface area (Å²) in [6.07, 6.45) is -4.62. The Morgan fingerprint density at radius 3 is 2.53 bits per heavy atom. The normalized spacial score (nSPS) is 18.6. The van der Waals surface area contributed by atoms with E-state index in [0.717, 1.165) is 23.8 Å². The van der Waals surface area contributed by atoms with Gasteiger partial charge in [0, 0.05) is 39.3 Å². The number of nitrogens with zero attached hydrogens (tertiary/aromatic N) is 5. The molecule has 0 radical (unpaired) electrons. The van der Waals surface area contributed by atoms with Crippen molar-refractivity contribution in [3.8, 4) is 5.88 Å². The SMILES string of the molecule is CC1CN(c2nsnc2OCC2=CCN(C)C=C2)CCN1C(=O)Cc1cc(C(F)(F)F)ccc1C(F)(F)F. The monoisotopic (exact) mass is 561 g/mol. The first kappa shape index (κ1) is 27.7. The third kappa shape index (κ3) is 6.40. The Balaban J connectivity index is 1.42. The fraction of sp³-hybridized carbons (Fsp3) is 0.458. The van der Waals surface area contributed by atoms with Gasteiger partial charge in [0.15, 0.2) is 0 Å². The Morgan fingerprint density at radius 2 is 1.89 bits per heavy atom. The number of piperazine rings is 1. The number of anilines is 1. The summed E-state index contributed by atoms with van der Waals surface area (Å²) in [5, 5.41) is 0. The number of rotatable bonds is 6. The predicted molar refractivity (Wildman–Crippen MR) is 129 cm³/mol. The van der Waals surface area contributed by atoms with Crippen LogP contribution in [0.1, 0.15) is 23.6 Å². The van der Waals surface area contributed by atoms with Crippen LogP contribution in [-0.4, -0.2) is 70.3 Å². The van der Waals surface area contributed by atoms with Crippen molar-refractivity contribution in [2.75, 3.05) is 44.7 Å². The molecule has 3 heterocycles. The van der Waals surface area contributed by atoms with E-state index >= 15 is 0 Å². The lowest BCUT2D eigenvalue weighted by molar-refractivity contribution is -0.142. The van der Waals surface area contributed by atoms with Crippen LogP contribution in [0.2, 0.25) is 0 Å². The second kappa shape index (κ2) is 10.8. The van der Waals surface area contributed by atoms with E-state index in [1.54, 1.807) is 6.92 Å². The quantitative estimate of drug-likeness (QED) is 0.480. The lowest BCUT2D eigenvalue weighted by atomic mass is 9.99. The molecule has 2 aromatic rings. The van der Waals surface area contributed by atoms with Crippen LogP contribution in [0.3, 0.4) is 0 Å². The van der Waals surface area contributed by atoms with Crippen molar-refractivity contribution in [2.45, 2.75) is 31.7 Å². The summed E-state index contributed by atoms with van der Waals surface area (Å²) in [5.41, 5.74) is -2.21. The van der Waals surface area contributed by atoms with Crippen LogP contribution in [0.15, 0.2) is 42.1 Å². The molecule has 14 heteroatoms. The van der Waals surface area contributed by atoms with Gasteiger partial charge in [-0.3, -0.25) is 4.79 Å². The lowest BCUT2D eigenvalue weighted by Gasteiger charge is -2.40. The molecule has 2 aliphatic heterocycles. The van der Waals surface area contributed by atoms with Gasteiger partial charge in [-0.1, -0.05) is 6.08 Å². The molecule has 1 amide bonds. The maximum absolute atomic E-state index is 13.4. The highest BCUT2D eigenvalue weighted by Crippen LogP contribution is 2.37. The fourth-order valence-electron chi connectivity index (χ4n) is 4.31. The van der Waals surface area contributed by atoms with Crippen molar-refractivity contribution < 1.29 is 35.9 Å². The van der Waals surface area contributed by atoms with Gasteiger partial charge >= 0.3 is 12.4 Å². The number of carbonyl (C=O) groups is 1. The van der Waals surface area contributed by atoms with Gasteiger partial charge in [-0.15, -0.1) is 4.37 Å². The van der Waals surface area contributed by atoms with Gasteiger partial charge in [0.1, 0.15) is 6.61 Å². The molecular weight excluding hydrogens is 536 g/mol. The number of benzene rings is 1. The molecule has 1 saturated heterocycles. The molecule has 1 unspecified atom stereocenters. The second-order valence-electron chi connectivity index (χ2n) is 9.14. The molecule has 38 heavy (non-hydrogen) atoms. The standard InChI is InChI=1S/C24H25F6N5O2S/c1-15-13-34(21-22(32-38-31-21)37-14-16-5-7-33(2)8-6-16)9-10-35(15)20(36)12-17-11-18(23(25,26)27)3-4-19(17)24(28,29)30/h3-7,11,15H,8-10,12-14H2,1-2H3. The van der Waals surface area contributed by atoms with Crippen LogP contribution in [0, 0.1) is 0 Å². The fourth-order valence-corrected chi connectivity index (χ4v) is 4.83. The van der Waals surface area contributed by atoms with Crippen LogP contribution in [0.5, 0.6) is 5.88 Å². The van der Waals surface area contributed by atoms with E-state index in [1.165, 1.54) is 4.90 Å². The van der Waals surface area contributed by atoms with Gasteiger partial charge in [0.25, 0.3) is 5.88 Å². The Labute approximate surface area is 219 Å². The Bertz CT molecular complexity index is 1230. The van der Waals surface area contributed by atoms with Crippen LogP contribution < -0.4 is 9.64 Å². The molecule has 4 rings (SSSR count). The van der Waals surface area contributed by atoms with Crippen LogP contribution in [0.25, 0.3) is 0 Å².